The minimum atomic E-state index is 1.01. The first-order chi connectivity index (χ1) is 36.4. The van der Waals surface area contributed by atoms with E-state index in [-0.39, 0.29) is 0 Å². The van der Waals surface area contributed by atoms with Gasteiger partial charge < -0.3 is 8.83 Å². The molecule has 0 N–H and O–H groups in total. The number of hydrogen-bond acceptors (Lipinski definition) is 9. The lowest BCUT2D eigenvalue weighted by molar-refractivity contribution is 0.531. The number of thiophene rings is 2. The van der Waals surface area contributed by atoms with Crippen LogP contribution in [0.1, 0.15) is 199 Å². The summed E-state index contributed by atoms with van der Waals surface area (Å²) in [5.74, 6) is 2.03. The standard InChI is InChI=1S/3C7H9N.C6H8N2.2C6H8O.2C6H8S.8C2H6/c1-6-3-4-8-5-7(6)2;2*1-6-4-3-5-8-7(6)2;1-5-6(2)8-4-3-7-5;4*1-5-3-4-7-6(5)2;8*1-2/h3*3-5H,1-2H3;3-4H,1-2H3;4*3-4H,1-2H3;8*1-2H3. The van der Waals surface area contributed by atoms with E-state index >= 15 is 0 Å². The molecule has 0 radical (unpaired) electrons. The lowest BCUT2D eigenvalue weighted by atomic mass is 10.2. The van der Waals surface area contributed by atoms with Crippen LogP contribution in [0, 0.1) is 111 Å². The first-order valence-electron chi connectivity index (χ1n) is 27.8. The predicted octanol–water partition coefficient (Wildman–Crippen LogP) is 22.9. The second kappa shape index (κ2) is 65.6. The van der Waals surface area contributed by atoms with Gasteiger partial charge in [-0.1, -0.05) is 123 Å². The molecule has 432 valence electrons. The SMILES string of the molecule is CC.CC.CC.CC.CC.CC.CC.CC.Cc1cccnc1C.Cc1cccnc1C.Cc1ccncc1C.Cc1ccoc1C.Cc1ccoc1C.Cc1ccsc1C.Cc1ccsc1C.Cc1nccnc1C. The molecule has 0 aliphatic heterocycles. The van der Waals surface area contributed by atoms with Crippen LogP contribution in [0.15, 0.2) is 124 Å². The molecule has 0 bridgehead atoms. The van der Waals surface area contributed by atoms with E-state index in [2.05, 4.69) is 115 Å². The molecule has 0 aliphatic carbocycles. The maximum atomic E-state index is 4.96. The van der Waals surface area contributed by atoms with Gasteiger partial charge in [-0.25, -0.2) is 0 Å². The highest BCUT2D eigenvalue weighted by atomic mass is 32.1. The highest BCUT2D eigenvalue weighted by Gasteiger charge is 1.92. The van der Waals surface area contributed by atoms with E-state index in [4.69, 9.17) is 8.83 Å². The van der Waals surface area contributed by atoms with Gasteiger partial charge in [0.15, 0.2) is 0 Å². The Hall–Kier alpha value is -5.51. The van der Waals surface area contributed by atoms with Crippen LogP contribution in [0.2, 0.25) is 0 Å². The highest BCUT2D eigenvalue weighted by molar-refractivity contribution is 7.10. The van der Waals surface area contributed by atoms with Crippen molar-refractivity contribution < 1.29 is 8.83 Å². The highest BCUT2D eigenvalue weighted by Crippen LogP contribution is 2.13. The second-order valence-corrected chi connectivity index (χ2v) is 16.4. The maximum Gasteiger partial charge on any atom is 0.103 e. The van der Waals surface area contributed by atoms with Crippen LogP contribution >= 0.6 is 22.7 Å². The fraction of sp³-hybridized carbons (Fsp3) is 0.478. The zero-order chi connectivity index (χ0) is 61.0. The van der Waals surface area contributed by atoms with Gasteiger partial charge in [0.1, 0.15) is 11.5 Å². The van der Waals surface area contributed by atoms with E-state index in [1.54, 1.807) is 47.6 Å². The molecule has 8 heterocycles. The summed E-state index contributed by atoms with van der Waals surface area (Å²) in [6.07, 6.45) is 14.1. The normalized spacial score (nSPS) is 8.00. The summed E-state index contributed by atoms with van der Waals surface area (Å²) >= 11 is 3.61. The summed E-state index contributed by atoms with van der Waals surface area (Å²) in [5, 5.41) is 4.23. The molecule has 0 aliphatic rings. The van der Waals surface area contributed by atoms with Gasteiger partial charge in [-0.2, -0.15) is 0 Å². The van der Waals surface area contributed by atoms with E-state index in [9.17, 15) is 0 Å². The van der Waals surface area contributed by atoms with Gasteiger partial charge >= 0.3 is 0 Å². The molecule has 0 fully saturated rings. The van der Waals surface area contributed by atoms with Crippen LogP contribution in [0.3, 0.4) is 0 Å². The summed E-state index contributed by atoms with van der Waals surface area (Å²) in [7, 11) is 0. The fourth-order valence-corrected chi connectivity index (χ4v) is 5.40. The van der Waals surface area contributed by atoms with Crippen molar-refractivity contribution in [2.75, 3.05) is 0 Å². The summed E-state index contributed by atoms with van der Waals surface area (Å²) in [4.78, 5) is 23.0. The van der Waals surface area contributed by atoms with Crippen LogP contribution in [-0.2, 0) is 0 Å². The van der Waals surface area contributed by atoms with Crippen LogP contribution in [0.5, 0.6) is 0 Å². The van der Waals surface area contributed by atoms with Crippen molar-refractivity contribution in [3.63, 3.8) is 0 Å². The zero-order valence-electron chi connectivity index (χ0n) is 54.8. The van der Waals surface area contributed by atoms with E-state index in [1.807, 2.05) is 221 Å². The van der Waals surface area contributed by atoms with Gasteiger partial charge in [0.2, 0.25) is 0 Å². The van der Waals surface area contributed by atoms with Crippen molar-refractivity contribution in [2.45, 2.75) is 222 Å². The van der Waals surface area contributed by atoms with Gasteiger partial charge in [-0.05, 0) is 209 Å². The Morgan fingerprint density at radius 2 is 0.605 bits per heavy atom. The maximum absolute atomic E-state index is 4.96. The molecule has 0 atom stereocenters. The Kier molecular flexibility index (Phi) is 75.2. The van der Waals surface area contributed by atoms with Crippen molar-refractivity contribution in [3.8, 4) is 0 Å². The molecular weight excluding hydrogens is 971 g/mol. The quantitative estimate of drug-likeness (QED) is 0.149. The largest absolute Gasteiger partial charge is 0.469 e. The van der Waals surface area contributed by atoms with Crippen LogP contribution in [-0.4, -0.2) is 24.9 Å². The molecule has 76 heavy (non-hydrogen) atoms. The topological polar surface area (TPSA) is 90.7 Å². The number of hydrogen-bond donors (Lipinski definition) is 0. The molecule has 0 amide bonds. The molecule has 8 aromatic heterocycles. The Morgan fingerprint density at radius 3 is 0.737 bits per heavy atom. The third-order valence-electron chi connectivity index (χ3n) is 9.44. The Labute approximate surface area is 479 Å². The number of pyridine rings is 3. The van der Waals surface area contributed by atoms with Crippen LogP contribution < -0.4 is 0 Å². The zero-order valence-corrected chi connectivity index (χ0v) is 56.5. The van der Waals surface area contributed by atoms with Gasteiger partial charge in [0, 0.05) is 58.3 Å². The lowest BCUT2D eigenvalue weighted by Gasteiger charge is -1.92. The molecular formula is C67H115N5O2S2. The van der Waals surface area contributed by atoms with Gasteiger partial charge in [-0.15, -0.1) is 22.7 Å². The van der Waals surface area contributed by atoms with Crippen molar-refractivity contribution in [1.82, 2.24) is 24.9 Å². The molecule has 0 saturated carbocycles. The number of aryl methyl sites for hydroxylation is 16. The number of furan rings is 2. The third-order valence-corrected chi connectivity index (χ3v) is 11.3. The first-order valence-corrected chi connectivity index (χ1v) is 29.6. The summed E-state index contributed by atoms with van der Waals surface area (Å²) in [6, 6.07) is 18.2. The molecule has 8 aromatic rings. The molecule has 0 spiro atoms. The van der Waals surface area contributed by atoms with Gasteiger partial charge in [-0.3, -0.25) is 24.9 Å². The van der Waals surface area contributed by atoms with Crippen molar-refractivity contribution in [3.05, 3.63) is 204 Å². The lowest BCUT2D eigenvalue weighted by Crippen LogP contribution is -1.87. The number of aromatic nitrogens is 5. The summed E-state index contributed by atoms with van der Waals surface area (Å²) in [5.41, 5.74) is 14.6. The minimum Gasteiger partial charge on any atom is -0.469 e. The van der Waals surface area contributed by atoms with E-state index in [1.165, 1.54) is 54.3 Å². The molecule has 7 nitrogen and oxygen atoms in total. The number of rotatable bonds is 0. The number of nitrogens with zero attached hydrogens (tertiary/aromatic N) is 5. The van der Waals surface area contributed by atoms with Gasteiger partial charge in [0.05, 0.1) is 23.9 Å². The molecule has 0 saturated heterocycles. The van der Waals surface area contributed by atoms with Crippen molar-refractivity contribution >= 4 is 22.7 Å². The fourth-order valence-electron chi connectivity index (χ4n) is 3.94. The Morgan fingerprint density at radius 1 is 0.289 bits per heavy atom. The molecule has 0 aromatic carbocycles. The average Bonchev–Trinajstić information content (AvgIpc) is 4.26. The van der Waals surface area contributed by atoms with E-state index in [0.29, 0.717) is 0 Å². The Bertz CT molecular complexity index is 1860. The Balaban J connectivity index is -0.000000112. The average molecular weight is 1090 g/mol. The van der Waals surface area contributed by atoms with E-state index < -0.39 is 0 Å². The second-order valence-electron chi connectivity index (χ2n) is 14.1. The third kappa shape index (κ3) is 50.6. The predicted molar refractivity (Wildman–Crippen MR) is 347 cm³/mol. The molecule has 8 rings (SSSR count). The molecule has 0 unspecified atom stereocenters. The van der Waals surface area contributed by atoms with Crippen molar-refractivity contribution in [2.24, 2.45) is 0 Å². The molecule has 9 heteroatoms. The van der Waals surface area contributed by atoms with Gasteiger partial charge in [0.25, 0.3) is 0 Å². The first kappa shape index (κ1) is 87.2. The summed E-state index contributed by atoms with van der Waals surface area (Å²) in [6.45, 7) is 64.7. The van der Waals surface area contributed by atoms with Crippen molar-refractivity contribution in [1.29, 1.82) is 0 Å². The smallest absolute Gasteiger partial charge is 0.103 e. The monoisotopic (exact) mass is 1090 g/mol. The van der Waals surface area contributed by atoms with E-state index in [0.717, 1.165) is 34.3 Å². The van der Waals surface area contributed by atoms with Crippen LogP contribution in [0.25, 0.3) is 0 Å². The minimum absolute atomic E-state index is 1.01. The van der Waals surface area contributed by atoms with Crippen LogP contribution in [0.4, 0.5) is 0 Å². The summed E-state index contributed by atoms with van der Waals surface area (Å²) < 4.78 is 9.93.